The quantitative estimate of drug-likeness (QED) is 0.819. The van der Waals surface area contributed by atoms with Crippen LogP contribution in [0.25, 0.3) is 0 Å². The molecule has 104 valence electrons. The molecule has 2 rings (SSSR count). The van der Waals surface area contributed by atoms with Crippen LogP contribution in [0.15, 0.2) is 24.5 Å². The number of nitrogens with one attached hydrogen (secondary N) is 1. The molecule has 1 fully saturated rings. The van der Waals surface area contributed by atoms with Gasteiger partial charge in [0, 0.05) is 25.5 Å². The Kier molecular flexibility index (Phi) is 5.82. The van der Waals surface area contributed by atoms with Crippen molar-refractivity contribution in [3.8, 4) is 0 Å². The molecular formula is C15H23N3O. The minimum Gasteiger partial charge on any atom is -0.342 e. The summed E-state index contributed by atoms with van der Waals surface area (Å²) in [6.45, 7) is 3.17. The van der Waals surface area contributed by atoms with Gasteiger partial charge in [-0.3, -0.25) is 9.78 Å². The predicted octanol–water partition coefficient (Wildman–Crippen LogP) is 1.62. The number of rotatable bonds is 5. The molecular weight excluding hydrogens is 238 g/mol. The van der Waals surface area contributed by atoms with Gasteiger partial charge in [-0.2, -0.15) is 0 Å². The largest absolute Gasteiger partial charge is 0.342 e. The maximum absolute atomic E-state index is 12.0. The molecule has 4 heteroatoms. The number of likely N-dealkylation sites (tertiary alicyclic amines) is 1. The van der Waals surface area contributed by atoms with Gasteiger partial charge in [0.1, 0.15) is 0 Å². The van der Waals surface area contributed by atoms with Crippen LogP contribution in [-0.2, 0) is 11.2 Å². The minimum absolute atomic E-state index is 0.247. The SMILES string of the molecule is O=C(CNCCc1ccncc1)N1CCCCCC1. The Hall–Kier alpha value is -1.42. The van der Waals surface area contributed by atoms with Crippen molar-refractivity contribution >= 4 is 5.91 Å². The average molecular weight is 261 g/mol. The number of carbonyl (C=O) groups excluding carboxylic acids is 1. The van der Waals surface area contributed by atoms with Crippen molar-refractivity contribution in [1.29, 1.82) is 0 Å². The Bertz CT molecular complexity index is 372. The van der Waals surface area contributed by atoms with Gasteiger partial charge in [-0.15, -0.1) is 0 Å². The van der Waals surface area contributed by atoms with E-state index in [2.05, 4.69) is 10.3 Å². The van der Waals surface area contributed by atoms with Crippen LogP contribution in [0, 0.1) is 0 Å². The fraction of sp³-hybridized carbons (Fsp3) is 0.600. The first-order valence-corrected chi connectivity index (χ1v) is 7.23. The van der Waals surface area contributed by atoms with Gasteiger partial charge in [0.05, 0.1) is 6.54 Å². The van der Waals surface area contributed by atoms with Crippen molar-refractivity contribution in [3.63, 3.8) is 0 Å². The maximum atomic E-state index is 12.0. The van der Waals surface area contributed by atoms with Crippen molar-refractivity contribution in [2.24, 2.45) is 0 Å². The van der Waals surface area contributed by atoms with E-state index in [9.17, 15) is 4.79 Å². The van der Waals surface area contributed by atoms with Gasteiger partial charge in [0.2, 0.25) is 5.91 Å². The number of amides is 1. The van der Waals surface area contributed by atoms with E-state index in [0.717, 1.165) is 38.9 Å². The van der Waals surface area contributed by atoms with Crippen LogP contribution in [0.1, 0.15) is 31.2 Å². The lowest BCUT2D eigenvalue weighted by molar-refractivity contribution is -0.130. The lowest BCUT2D eigenvalue weighted by atomic mass is 10.2. The molecule has 0 radical (unpaired) electrons. The molecule has 1 amide bonds. The summed E-state index contributed by atoms with van der Waals surface area (Å²) in [5, 5.41) is 3.24. The zero-order valence-corrected chi connectivity index (χ0v) is 11.5. The van der Waals surface area contributed by atoms with Crippen LogP contribution in [-0.4, -0.2) is 42.0 Å². The highest BCUT2D eigenvalue weighted by atomic mass is 16.2. The van der Waals surface area contributed by atoms with Crippen molar-refractivity contribution in [1.82, 2.24) is 15.2 Å². The third-order valence-corrected chi connectivity index (χ3v) is 3.57. The Balaban J connectivity index is 1.63. The van der Waals surface area contributed by atoms with Gasteiger partial charge in [0.15, 0.2) is 0 Å². The second-order valence-electron chi connectivity index (χ2n) is 5.08. The third-order valence-electron chi connectivity index (χ3n) is 3.57. The molecule has 1 aromatic rings. The molecule has 0 unspecified atom stereocenters. The van der Waals surface area contributed by atoms with Gasteiger partial charge in [-0.05, 0) is 43.5 Å². The first-order chi connectivity index (χ1) is 9.36. The molecule has 1 aliphatic heterocycles. The summed E-state index contributed by atoms with van der Waals surface area (Å²) < 4.78 is 0. The Morgan fingerprint density at radius 2 is 1.84 bits per heavy atom. The van der Waals surface area contributed by atoms with Crippen LogP contribution >= 0.6 is 0 Å². The van der Waals surface area contributed by atoms with Crippen molar-refractivity contribution < 1.29 is 4.79 Å². The van der Waals surface area contributed by atoms with E-state index in [4.69, 9.17) is 0 Å². The van der Waals surface area contributed by atoms with Gasteiger partial charge < -0.3 is 10.2 Å². The minimum atomic E-state index is 0.247. The lowest BCUT2D eigenvalue weighted by Crippen LogP contribution is -2.39. The highest BCUT2D eigenvalue weighted by Crippen LogP contribution is 2.09. The highest BCUT2D eigenvalue weighted by molar-refractivity contribution is 5.78. The molecule has 2 heterocycles. The normalized spacial score (nSPS) is 16.1. The van der Waals surface area contributed by atoms with Crippen molar-refractivity contribution in [3.05, 3.63) is 30.1 Å². The zero-order chi connectivity index (χ0) is 13.3. The molecule has 19 heavy (non-hydrogen) atoms. The Morgan fingerprint density at radius 3 is 2.53 bits per heavy atom. The number of nitrogens with zero attached hydrogens (tertiary/aromatic N) is 2. The molecule has 0 aromatic carbocycles. The zero-order valence-electron chi connectivity index (χ0n) is 11.5. The number of hydrogen-bond donors (Lipinski definition) is 1. The van der Waals surface area contributed by atoms with Crippen molar-refractivity contribution in [2.45, 2.75) is 32.1 Å². The smallest absolute Gasteiger partial charge is 0.236 e. The summed E-state index contributed by atoms with van der Waals surface area (Å²) >= 11 is 0. The predicted molar refractivity (Wildman–Crippen MR) is 75.9 cm³/mol. The molecule has 0 bridgehead atoms. The first-order valence-electron chi connectivity index (χ1n) is 7.23. The fourth-order valence-electron chi connectivity index (χ4n) is 2.41. The average Bonchev–Trinajstić information content (AvgIpc) is 2.73. The summed E-state index contributed by atoms with van der Waals surface area (Å²) in [7, 11) is 0. The van der Waals surface area contributed by atoms with E-state index in [1.165, 1.54) is 18.4 Å². The molecule has 1 aromatic heterocycles. The topological polar surface area (TPSA) is 45.2 Å². The number of aromatic nitrogens is 1. The van der Waals surface area contributed by atoms with Crippen LogP contribution < -0.4 is 5.32 Å². The standard InChI is InChI=1S/C15H23N3O/c19-15(18-11-3-1-2-4-12-18)13-17-10-7-14-5-8-16-9-6-14/h5-6,8-9,17H,1-4,7,10-13H2. The maximum Gasteiger partial charge on any atom is 0.236 e. The Morgan fingerprint density at radius 1 is 1.16 bits per heavy atom. The molecule has 0 aliphatic carbocycles. The van der Waals surface area contributed by atoms with E-state index in [1.54, 1.807) is 12.4 Å². The van der Waals surface area contributed by atoms with E-state index in [1.807, 2.05) is 17.0 Å². The molecule has 4 nitrogen and oxygen atoms in total. The molecule has 0 atom stereocenters. The Labute approximate surface area is 115 Å². The van der Waals surface area contributed by atoms with E-state index in [-0.39, 0.29) is 5.91 Å². The summed E-state index contributed by atoms with van der Waals surface area (Å²) in [6.07, 6.45) is 9.38. The van der Waals surface area contributed by atoms with E-state index in [0.29, 0.717) is 6.54 Å². The van der Waals surface area contributed by atoms with Crippen molar-refractivity contribution in [2.75, 3.05) is 26.2 Å². The highest BCUT2D eigenvalue weighted by Gasteiger charge is 2.14. The number of pyridine rings is 1. The van der Waals surface area contributed by atoms with E-state index >= 15 is 0 Å². The third kappa shape index (κ3) is 4.99. The molecule has 1 saturated heterocycles. The molecule has 1 N–H and O–H groups in total. The van der Waals surface area contributed by atoms with Gasteiger partial charge in [-0.1, -0.05) is 12.8 Å². The summed E-state index contributed by atoms with van der Waals surface area (Å²) in [5.74, 6) is 0.247. The molecule has 0 saturated carbocycles. The van der Waals surface area contributed by atoms with Crippen LogP contribution in [0.3, 0.4) is 0 Å². The summed E-state index contributed by atoms with van der Waals surface area (Å²) in [5.41, 5.74) is 1.25. The fourth-order valence-corrected chi connectivity index (χ4v) is 2.41. The number of hydrogen-bond acceptors (Lipinski definition) is 3. The van der Waals surface area contributed by atoms with Gasteiger partial charge >= 0.3 is 0 Å². The van der Waals surface area contributed by atoms with Crippen LogP contribution in [0.4, 0.5) is 0 Å². The summed E-state index contributed by atoms with van der Waals surface area (Å²) in [6, 6.07) is 4.02. The number of carbonyl (C=O) groups is 1. The van der Waals surface area contributed by atoms with E-state index < -0.39 is 0 Å². The van der Waals surface area contributed by atoms with Crippen LogP contribution in [0.2, 0.25) is 0 Å². The lowest BCUT2D eigenvalue weighted by Gasteiger charge is -2.20. The monoisotopic (exact) mass is 261 g/mol. The second kappa shape index (κ2) is 7.89. The van der Waals surface area contributed by atoms with Crippen LogP contribution in [0.5, 0.6) is 0 Å². The molecule has 1 aliphatic rings. The second-order valence-corrected chi connectivity index (χ2v) is 5.08. The summed E-state index contributed by atoms with van der Waals surface area (Å²) in [4.78, 5) is 18.0. The van der Waals surface area contributed by atoms with Gasteiger partial charge in [0.25, 0.3) is 0 Å². The first kappa shape index (κ1) is 14.0. The molecule has 0 spiro atoms. The van der Waals surface area contributed by atoms with Gasteiger partial charge in [-0.25, -0.2) is 0 Å².